The van der Waals surface area contributed by atoms with Crippen molar-refractivity contribution in [3.63, 3.8) is 0 Å². The smallest absolute Gasteiger partial charge is 0.228 e. The summed E-state index contributed by atoms with van der Waals surface area (Å²) in [5.41, 5.74) is 0. The lowest BCUT2D eigenvalue weighted by Crippen LogP contribution is -2.49. The van der Waals surface area contributed by atoms with Gasteiger partial charge in [-0.15, -0.1) is 0 Å². The molecule has 3 rings (SSSR count). The van der Waals surface area contributed by atoms with Gasteiger partial charge in [-0.25, -0.2) is 4.98 Å². The fraction of sp³-hybridized carbons (Fsp3) is 0.500. The van der Waals surface area contributed by atoms with Crippen LogP contribution >= 0.6 is 0 Å². The molecule has 0 bridgehead atoms. The summed E-state index contributed by atoms with van der Waals surface area (Å²) < 4.78 is 7.50. The molecule has 7 nitrogen and oxygen atoms in total. The molecule has 0 radical (unpaired) electrons. The summed E-state index contributed by atoms with van der Waals surface area (Å²) in [6.45, 7) is 7.44. The van der Waals surface area contributed by atoms with Crippen molar-refractivity contribution in [3.05, 3.63) is 36.8 Å². The summed E-state index contributed by atoms with van der Waals surface area (Å²) in [5.74, 6) is 1.45. The Kier molecular flexibility index (Phi) is 5.53. The van der Waals surface area contributed by atoms with Crippen molar-refractivity contribution in [2.45, 2.75) is 26.3 Å². The summed E-state index contributed by atoms with van der Waals surface area (Å²) >= 11 is 0. The maximum Gasteiger partial charge on any atom is 0.228 e. The number of nitrogens with zero attached hydrogens (tertiary/aromatic N) is 5. The van der Waals surface area contributed by atoms with E-state index in [1.807, 2.05) is 36.4 Å². The third kappa shape index (κ3) is 4.29. The van der Waals surface area contributed by atoms with E-state index < -0.39 is 0 Å². The van der Waals surface area contributed by atoms with E-state index in [0.29, 0.717) is 37.9 Å². The molecule has 0 spiro atoms. The van der Waals surface area contributed by atoms with Crippen molar-refractivity contribution < 1.29 is 9.53 Å². The van der Waals surface area contributed by atoms with Crippen molar-refractivity contribution in [2.75, 3.05) is 37.7 Å². The number of rotatable bonds is 6. The van der Waals surface area contributed by atoms with Gasteiger partial charge in [-0.1, -0.05) is 0 Å². The van der Waals surface area contributed by atoms with Gasteiger partial charge < -0.3 is 19.1 Å². The molecule has 0 N–H and O–H groups in total. The minimum absolute atomic E-state index is 0.173. The summed E-state index contributed by atoms with van der Waals surface area (Å²) in [5, 5.41) is 0. The second kappa shape index (κ2) is 8.00. The van der Waals surface area contributed by atoms with Crippen LogP contribution in [0.25, 0.3) is 0 Å². The molecule has 7 heteroatoms. The number of carbonyl (C=O) groups excluding carboxylic acids is 1. The highest BCUT2D eigenvalue weighted by Gasteiger charge is 2.24. The third-order valence-electron chi connectivity index (χ3n) is 4.43. The number of anilines is 1. The molecule has 1 saturated heterocycles. The van der Waals surface area contributed by atoms with Gasteiger partial charge in [-0.2, -0.15) is 4.98 Å². The van der Waals surface area contributed by atoms with Gasteiger partial charge in [-0.05, 0) is 26.0 Å². The first-order valence-electron chi connectivity index (χ1n) is 8.78. The Morgan fingerprint density at radius 1 is 1.24 bits per heavy atom. The number of hydrogen-bond acceptors (Lipinski definition) is 5. The van der Waals surface area contributed by atoms with Gasteiger partial charge >= 0.3 is 0 Å². The molecule has 134 valence electrons. The Hall–Kier alpha value is -2.57. The number of carbonyl (C=O) groups is 1. The highest BCUT2D eigenvalue weighted by atomic mass is 16.5. The van der Waals surface area contributed by atoms with Gasteiger partial charge in [-0.3, -0.25) is 4.79 Å². The van der Waals surface area contributed by atoms with E-state index in [2.05, 4.69) is 26.4 Å². The van der Waals surface area contributed by atoms with E-state index in [0.717, 1.165) is 13.1 Å². The molecule has 0 aromatic carbocycles. The highest BCUT2D eigenvalue weighted by Crippen LogP contribution is 2.17. The summed E-state index contributed by atoms with van der Waals surface area (Å²) in [6.07, 6.45) is 6.23. The predicted octanol–water partition coefficient (Wildman–Crippen LogP) is 1.98. The molecule has 0 saturated carbocycles. The van der Waals surface area contributed by atoms with Crippen LogP contribution in [0.3, 0.4) is 0 Å². The molecular weight excluding hydrogens is 318 g/mol. The standard InChI is InChI=1S/C18H25N5O2/c1-3-25-16-6-7-19-18(20-16)23-12-10-22(11-13-23)17(24)14-15(2)21-8-4-5-9-21/h4-9,15H,3,10-14H2,1-2H3. The second-order valence-electron chi connectivity index (χ2n) is 6.18. The lowest BCUT2D eigenvalue weighted by molar-refractivity contribution is -0.132. The number of amides is 1. The first-order chi connectivity index (χ1) is 12.2. The van der Waals surface area contributed by atoms with Crippen molar-refractivity contribution in [2.24, 2.45) is 0 Å². The van der Waals surface area contributed by atoms with Crippen LogP contribution in [0.1, 0.15) is 26.3 Å². The number of aromatic nitrogens is 3. The monoisotopic (exact) mass is 343 g/mol. The number of hydrogen-bond donors (Lipinski definition) is 0. The third-order valence-corrected chi connectivity index (χ3v) is 4.43. The van der Waals surface area contributed by atoms with Gasteiger partial charge in [0.1, 0.15) is 0 Å². The zero-order valence-corrected chi connectivity index (χ0v) is 14.8. The highest BCUT2D eigenvalue weighted by molar-refractivity contribution is 5.77. The summed E-state index contributed by atoms with van der Waals surface area (Å²) in [6, 6.07) is 5.90. The second-order valence-corrected chi connectivity index (χ2v) is 6.18. The molecular formula is C18H25N5O2. The van der Waals surface area contributed by atoms with Gasteiger partial charge in [0.15, 0.2) is 0 Å². The van der Waals surface area contributed by atoms with Gasteiger partial charge in [0.25, 0.3) is 0 Å². The summed E-state index contributed by atoms with van der Waals surface area (Å²) in [7, 11) is 0. The Morgan fingerprint density at radius 3 is 2.64 bits per heavy atom. The fourth-order valence-corrected chi connectivity index (χ4v) is 3.00. The molecule has 1 aliphatic rings. The van der Waals surface area contributed by atoms with E-state index >= 15 is 0 Å². The van der Waals surface area contributed by atoms with Crippen LogP contribution in [0.2, 0.25) is 0 Å². The molecule has 1 unspecified atom stereocenters. The molecule has 1 aliphatic heterocycles. The van der Waals surface area contributed by atoms with Crippen LogP contribution in [0, 0.1) is 0 Å². The molecule has 3 heterocycles. The van der Waals surface area contributed by atoms with Crippen molar-refractivity contribution in [3.8, 4) is 5.88 Å². The minimum Gasteiger partial charge on any atom is -0.478 e. The molecule has 0 aliphatic carbocycles. The topological polar surface area (TPSA) is 63.5 Å². The SMILES string of the molecule is CCOc1ccnc(N2CCN(C(=O)CC(C)n3cccc3)CC2)n1. The van der Waals surface area contributed by atoms with Crippen molar-refractivity contribution in [1.29, 1.82) is 0 Å². The Bertz CT molecular complexity index is 681. The van der Waals surface area contributed by atoms with Crippen LogP contribution < -0.4 is 9.64 Å². The average Bonchev–Trinajstić information content (AvgIpc) is 3.17. The molecule has 2 aromatic rings. The maximum atomic E-state index is 12.5. The molecule has 1 atom stereocenters. The number of piperazine rings is 1. The molecule has 25 heavy (non-hydrogen) atoms. The molecule has 1 amide bonds. The van der Waals surface area contributed by atoms with Gasteiger partial charge in [0, 0.05) is 63.3 Å². The molecule has 1 fully saturated rings. The van der Waals surface area contributed by atoms with Gasteiger partial charge in [0.2, 0.25) is 17.7 Å². The van der Waals surface area contributed by atoms with E-state index in [9.17, 15) is 4.79 Å². The maximum absolute atomic E-state index is 12.5. The van der Waals surface area contributed by atoms with Crippen LogP contribution in [0.4, 0.5) is 5.95 Å². The van der Waals surface area contributed by atoms with Crippen LogP contribution in [0.15, 0.2) is 36.8 Å². The average molecular weight is 343 g/mol. The zero-order chi connectivity index (χ0) is 17.6. The lowest BCUT2D eigenvalue weighted by atomic mass is 10.2. The first kappa shape index (κ1) is 17.3. The fourth-order valence-electron chi connectivity index (χ4n) is 3.00. The largest absolute Gasteiger partial charge is 0.478 e. The van der Waals surface area contributed by atoms with E-state index in [1.165, 1.54) is 0 Å². The van der Waals surface area contributed by atoms with Crippen LogP contribution in [0.5, 0.6) is 5.88 Å². The van der Waals surface area contributed by atoms with E-state index in [1.54, 1.807) is 12.3 Å². The normalized spacial score (nSPS) is 15.9. The van der Waals surface area contributed by atoms with Crippen LogP contribution in [-0.2, 0) is 4.79 Å². The Morgan fingerprint density at radius 2 is 1.96 bits per heavy atom. The zero-order valence-electron chi connectivity index (χ0n) is 14.8. The molecule has 2 aromatic heterocycles. The van der Waals surface area contributed by atoms with Crippen molar-refractivity contribution in [1.82, 2.24) is 19.4 Å². The summed E-state index contributed by atoms with van der Waals surface area (Å²) in [4.78, 5) is 25.3. The van der Waals surface area contributed by atoms with Crippen LogP contribution in [-0.4, -0.2) is 58.1 Å². The lowest BCUT2D eigenvalue weighted by Gasteiger charge is -2.35. The first-order valence-corrected chi connectivity index (χ1v) is 8.78. The van der Waals surface area contributed by atoms with Crippen molar-refractivity contribution >= 4 is 11.9 Å². The quantitative estimate of drug-likeness (QED) is 0.802. The Labute approximate surface area is 148 Å². The minimum atomic E-state index is 0.173. The van der Waals surface area contributed by atoms with E-state index in [-0.39, 0.29) is 11.9 Å². The number of ether oxygens (including phenoxy) is 1. The van der Waals surface area contributed by atoms with E-state index in [4.69, 9.17) is 4.74 Å². The van der Waals surface area contributed by atoms with Gasteiger partial charge in [0.05, 0.1) is 6.61 Å². The Balaban J connectivity index is 1.53. The predicted molar refractivity (Wildman–Crippen MR) is 95.8 cm³/mol.